The van der Waals surface area contributed by atoms with E-state index in [-0.39, 0.29) is 0 Å². The van der Waals surface area contributed by atoms with E-state index < -0.39 is 0 Å². The van der Waals surface area contributed by atoms with Crippen LogP contribution in [0.3, 0.4) is 0 Å². The fourth-order valence-corrected chi connectivity index (χ4v) is 1.50. The number of hydrogen-bond acceptors (Lipinski definition) is 1. The Hall–Kier alpha value is -0.720. The van der Waals surface area contributed by atoms with E-state index in [1.807, 2.05) is 0 Å². The predicted molar refractivity (Wildman–Crippen MR) is 53.9 cm³/mol. The van der Waals surface area contributed by atoms with Gasteiger partial charge in [0.05, 0.1) is 0 Å². The molecule has 0 heterocycles. The largest absolute Gasteiger partial charge is 0.381 e. The molecular formula is C11H19N. The summed E-state index contributed by atoms with van der Waals surface area (Å²) in [5.74, 6) is 0.713. The van der Waals surface area contributed by atoms with Crippen molar-refractivity contribution in [3.05, 3.63) is 23.4 Å². The Morgan fingerprint density at radius 1 is 1.17 bits per heavy atom. The van der Waals surface area contributed by atoms with Gasteiger partial charge >= 0.3 is 0 Å². The summed E-state index contributed by atoms with van der Waals surface area (Å²) < 4.78 is 0. The molecule has 0 fully saturated rings. The lowest BCUT2D eigenvalue weighted by Gasteiger charge is -2.22. The third-order valence-corrected chi connectivity index (χ3v) is 2.48. The van der Waals surface area contributed by atoms with Gasteiger partial charge in [-0.25, -0.2) is 0 Å². The first-order chi connectivity index (χ1) is 5.61. The Labute approximate surface area is 75.8 Å². The second-order valence-corrected chi connectivity index (χ2v) is 3.95. The van der Waals surface area contributed by atoms with Crippen LogP contribution in [-0.2, 0) is 0 Å². The highest BCUT2D eigenvalue weighted by molar-refractivity contribution is 5.23. The zero-order chi connectivity index (χ0) is 9.14. The number of hydrogen-bond donors (Lipinski definition) is 0. The average molecular weight is 165 g/mol. The van der Waals surface area contributed by atoms with Gasteiger partial charge in [0.2, 0.25) is 0 Å². The molecular weight excluding hydrogens is 146 g/mol. The van der Waals surface area contributed by atoms with Crippen molar-refractivity contribution in [1.29, 1.82) is 0 Å². The number of nitrogens with zero attached hydrogens (tertiary/aromatic N) is 1. The molecule has 0 aliphatic heterocycles. The smallest absolute Gasteiger partial charge is 0.0131 e. The summed E-state index contributed by atoms with van der Waals surface area (Å²) in [5, 5.41) is 0. The molecule has 68 valence electrons. The second-order valence-electron chi connectivity index (χ2n) is 3.95. The highest BCUT2D eigenvalue weighted by Gasteiger charge is 2.09. The molecule has 0 unspecified atom stereocenters. The summed E-state index contributed by atoms with van der Waals surface area (Å²) in [6, 6.07) is 0. The quantitative estimate of drug-likeness (QED) is 0.608. The molecule has 1 heteroatoms. The van der Waals surface area contributed by atoms with Crippen LogP contribution < -0.4 is 0 Å². The van der Waals surface area contributed by atoms with Crippen LogP contribution in [0.1, 0.15) is 26.7 Å². The lowest BCUT2D eigenvalue weighted by molar-refractivity contribution is 0.478. The maximum atomic E-state index is 2.28. The van der Waals surface area contributed by atoms with Gasteiger partial charge in [0.15, 0.2) is 0 Å². The van der Waals surface area contributed by atoms with Crippen molar-refractivity contribution >= 4 is 0 Å². The number of allylic oxidation sites excluding steroid dienone is 4. The summed E-state index contributed by atoms with van der Waals surface area (Å²) >= 11 is 0. The molecule has 0 amide bonds. The standard InChI is InChI=1S/C11H19N/c1-9(2)10-5-7-11(8-6-10)12(3)4/h5,7,9H,6,8H2,1-4H3. The SMILES string of the molecule is CC(C)C1=CC=C(N(C)C)CC1. The van der Waals surface area contributed by atoms with E-state index in [1.54, 1.807) is 5.57 Å². The van der Waals surface area contributed by atoms with E-state index >= 15 is 0 Å². The Morgan fingerprint density at radius 3 is 2.17 bits per heavy atom. The van der Waals surface area contributed by atoms with Crippen molar-refractivity contribution in [3.63, 3.8) is 0 Å². The Kier molecular flexibility index (Phi) is 2.96. The van der Waals surface area contributed by atoms with Crippen molar-refractivity contribution in [2.24, 2.45) is 5.92 Å². The Balaban J connectivity index is 2.66. The zero-order valence-corrected chi connectivity index (χ0v) is 8.59. The molecule has 0 aromatic rings. The van der Waals surface area contributed by atoms with E-state index in [9.17, 15) is 0 Å². The molecule has 0 saturated heterocycles. The normalized spacial score (nSPS) is 17.4. The van der Waals surface area contributed by atoms with E-state index in [2.05, 4.69) is 45.0 Å². The number of rotatable bonds is 2. The van der Waals surface area contributed by atoms with Crippen LogP contribution in [0.5, 0.6) is 0 Å². The van der Waals surface area contributed by atoms with Crippen molar-refractivity contribution in [2.75, 3.05) is 14.1 Å². The first-order valence-electron chi connectivity index (χ1n) is 4.68. The van der Waals surface area contributed by atoms with Gasteiger partial charge < -0.3 is 4.90 Å². The highest BCUT2D eigenvalue weighted by atomic mass is 15.1. The van der Waals surface area contributed by atoms with Gasteiger partial charge in [0.1, 0.15) is 0 Å². The van der Waals surface area contributed by atoms with Crippen LogP contribution in [0.2, 0.25) is 0 Å². The first-order valence-corrected chi connectivity index (χ1v) is 4.68. The molecule has 0 aromatic heterocycles. The maximum absolute atomic E-state index is 2.28. The molecule has 1 aliphatic carbocycles. The van der Waals surface area contributed by atoms with Crippen LogP contribution in [0.15, 0.2) is 23.4 Å². The maximum Gasteiger partial charge on any atom is 0.0131 e. The molecule has 0 spiro atoms. The molecule has 0 N–H and O–H groups in total. The molecule has 0 saturated carbocycles. The van der Waals surface area contributed by atoms with Crippen LogP contribution in [-0.4, -0.2) is 19.0 Å². The minimum absolute atomic E-state index is 0.713. The van der Waals surface area contributed by atoms with Crippen LogP contribution in [0.4, 0.5) is 0 Å². The van der Waals surface area contributed by atoms with E-state index in [0.717, 1.165) is 0 Å². The molecule has 0 bridgehead atoms. The topological polar surface area (TPSA) is 3.24 Å². The second kappa shape index (κ2) is 3.79. The van der Waals surface area contributed by atoms with Crippen molar-refractivity contribution in [1.82, 2.24) is 4.90 Å². The van der Waals surface area contributed by atoms with Crippen molar-refractivity contribution < 1.29 is 0 Å². The third-order valence-electron chi connectivity index (χ3n) is 2.48. The lowest BCUT2D eigenvalue weighted by Crippen LogP contribution is -2.13. The van der Waals surface area contributed by atoms with E-state index in [1.165, 1.54) is 18.5 Å². The lowest BCUT2D eigenvalue weighted by atomic mass is 9.93. The highest BCUT2D eigenvalue weighted by Crippen LogP contribution is 2.24. The molecule has 1 aliphatic rings. The molecule has 1 nitrogen and oxygen atoms in total. The van der Waals surface area contributed by atoms with E-state index in [4.69, 9.17) is 0 Å². The van der Waals surface area contributed by atoms with Gasteiger partial charge in [-0.1, -0.05) is 25.5 Å². The van der Waals surface area contributed by atoms with Gasteiger partial charge in [-0.3, -0.25) is 0 Å². The van der Waals surface area contributed by atoms with Crippen molar-refractivity contribution in [2.45, 2.75) is 26.7 Å². The predicted octanol–water partition coefficient (Wildman–Crippen LogP) is 2.81. The molecule has 0 radical (unpaired) electrons. The van der Waals surface area contributed by atoms with Crippen molar-refractivity contribution in [3.8, 4) is 0 Å². The summed E-state index contributed by atoms with van der Waals surface area (Å²) in [4.78, 5) is 2.20. The van der Waals surface area contributed by atoms with Crippen LogP contribution in [0.25, 0.3) is 0 Å². The molecule has 0 atom stereocenters. The Bertz CT molecular complexity index is 185. The third kappa shape index (κ3) is 2.13. The summed E-state index contributed by atoms with van der Waals surface area (Å²) in [5.41, 5.74) is 3.03. The van der Waals surface area contributed by atoms with Gasteiger partial charge in [-0.2, -0.15) is 0 Å². The minimum atomic E-state index is 0.713. The first kappa shape index (κ1) is 9.37. The average Bonchev–Trinajstić information content (AvgIpc) is 2.04. The minimum Gasteiger partial charge on any atom is -0.381 e. The fraction of sp³-hybridized carbons (Fsp3) is 0.636. The van der Waals surface area contributed by atoms with Crippen LogP contribution >= 0.6 is 0 Å². The van der Waals surface area contributed by atoms with Gasteiger partial charge in [0, 0.05) is 19.8 Å². The fourth-order valence-electron chi connectivity index (χ4n) is 1.50. The van der Waals surface area contributed by atoms with Gasteiger partial charge in [0.25, 0.3) is 0 Å². The molecule has 0 aromatic carbocycles. The summed E-state index contributed by atoms with van der Waals surface area (Å²) in [7, 11) is 4.22. The van der Waals surface area contributed by atoms with Gasteiger partial charge in [-0.05, 0) is 24.8 Å². The Morgan fingerprint density at radius 2 is 1.83 bits per heavy atom. The molecule has 1 rings (SSSR count). The summed E-state index contributed by atoms with van der Waals surface area (Å²) in [6.45, 7) is 4.53. The zero-order valence-electron chi connectivity index (χ0n) is 8.59. The van der Waals surface area contributed by atoms with E-state index in [0.29, 0.717) is 5.92 Å². The monoisotopic (exact) mass is 165 g/mol. The van der Waals surface area contributed by atoms with Gasteiger partial charge in [-0.15, -0.1) is 0 Å². The molecule has 12 heavy (non-hydrogen) atoms. The summed E-state index contributed by atoms with van der Waals surface area (Å²) in [6.07, 6.45) is 6.97. The van der Waals surface area contributed by atoms with Crippen LogP contribution in [0, 0.1) is 5.92 Å².